The van der Waals surface area contributed by atoms with E-state index in [2.05, 4.69) is 15.9 Å². The van der Waals surface area contributed by atoms with Crippen molar-refractivity contribution in [1.29, 1.82) is 0 Å². The Morgan fingerprint density at radius 1 is 1.35 bits per heavy atom. The molecule has 0 spiro atoms. The van der Waals surface area contributed by atoms with Gasteiger partial charge in [0, 0.05) is 10.9 Å². The Balaban J connectivity index is 2.63. The summed E-state index contributed by atoms with van der Waals surface area (Å²) >= 11 is 3.41. The van der Waals surface area contributed by atoms with Crippen LogP contribution in [0, 0.1) is 0 Å². The summed E-state index contributed by atoms with van der Waals surface area (Å²) in [6.45, 7) is 4.24. The SMILES string of the molecule is COc1ccc(Br)cc1CC(O)COC(C)C. The first-order valence-corrected chi connectivity index (χ1v) is 6.44. The summed E-state index contributed by atoms with van der Waals surface area (Å²) in [6.07, 6.45) is 0.143. The normalized spacial score (nSPS) is 12.8. The largest absolute Gasteiger partial charge is 0.496 e. The average molecular weight is 303 g/mol. The molecule has 0 bridgehead atoms. The van der Waals surface area contributed by atoms with Gasteiger partial charge in [0.25, 0.3) is 0 Å². The van der Waals surface area contributed by atoms with E-state index in [4.69, 9.17) is 9.47 Å². The summed E-state index contributed by atoms with van der Waals surface area (Å²) in [6, 6.07) is 5.76. The van der Waals surface area contributed by atoms with Crippen LogP contribution in [0.5, 0.6) is 5.75 Å². The third kappa shape index (κ3) is 5.06. The highest BCUT2D eigenvalue weighted by atomic mass is 79.9. The smallest absolute Gasteiger partial charge is 0.122 e. The predicted octanol–water partition coefficient (Wildman–Crippen LogP) is 2.79. The van der Waals surface area contributed by atoms with Crippen molar-refractivity contribution in [3.63, 3.8) is 0 Å². The highest BCUT2D eigenvalue weighted by molar-refractivity contribution is 9.10. The average Bonchev–Trinajstić information content (AvgIpc) is 2.27. The van der Waals surface area contributed by atoms with Crippen molar-refractivity contribution in [3.8, 4) is 5.75 Å². The van der Waals surface area contributed by atoms with Gasteiger partial charge in [-0.15, -0.1) is 0 Å². The molecule has 0 amide bonds. The van der Waals surface area contributed by atoms with Gasteiger partial charge in [0.2, 0.25) is 0 Å². The molecular weight excluding hydrogens is 284 g/mol. The second-order valence-electron chi connectivity index (χ2n) is 4.20. The molecule has 1 aromatic carbocycles. The van der Waals surface area contributed by atoms with Crippen LogP contribution in [0.4, 0.5) is 0 Å². The molecule has 0 heterocycles. The summed E-state index contributed by atoms with van der Waals surface area (Å²) in [5.74, 6) is 0.789. The molecular formula is C13H19BrO3. The molecule has 0 fully saturated rings. The second kappa shape index (κ2) is 6.99. The molecule has 17 heavy (non-hydrogen) atoms. The fourth-order valence-corrected chi connectivity index (χ4v) is 1.93. The molecule has 0 radical (unpaired) electrons. The summed E-state index contributed by atoms with van der Waals surface area (Å²) in [5.41, 5.74) is 0.974. The first kappa shape index (κ1) is 14.5. The molecule has 1 atom stereocenters. The summed E-state index contributed by atoms with van der Waals surface area (Å²) in [5, 5.41) is 9.87. The van der Waals surface area contributed by atoms with Crippen molar-refractivity contribution in [2.75, 3.05) is 13.7 Å². The number of halogens is 1. The number of aliphatic hydroxyl groups excluding tert-OH is 1. The topological polar surface area (TPSA) is 38.7 Å². The maximum atomic E-state index is 9.87. The van der Waals surface area contributed by atoms with Crippen molar-refractivity contribution < 1.29 is 14.6 Å². The number of methoxy groups -OCH3 is 1. The Hall–Kier alpha value is -0.580. The minimum Gasteiger partial charge on any atom is -0.496 e. The molecule has 1 unspecified atom stereocenters. The highest BCUT2D eigenvalue weighted by Gasteiger charge is 2.11. The Kier molecular flexibility index (Phi) is 5.95. The fraction of sp³-hybridized carbons (Fsp3) is 0.538. The van der Waals surface area contributed by atoms with Gasteiger partial charge >= 0.3 is 0 Å². The lowest BCUT2D eigenvalue weighted by molar-refractivity contribution is 0.00603. The predicted molar refractivity (Wildman–Crippen MR) is 71.5 cm³/mol. The molecule has 1 aromatic rings. The third-order valence-electron chi connectivity index (χ3n) is 2.32. The van der Waals surface area contributed by atoms with Crippen molar-refractivity contribution in [2.24, 2.45) is 0 Å². The van der Waals surface area contributed by atoms with E-state index >= 15 is 0 Å². The maximum absolute atomic E-state index is 9.87. The monoisotopic (exact) mass is 302 g/mol. The van der Waals surface area contributed by atoms with Gasteiger partial charge in [0.15, 0.2) is 0 Å². The molecule has 0 aliphatic heterocycles. The number of hydrogen-bond donors (Lipinski definition) is 1. The van der Waals surface area contributed by atoms with Gasteiger partial charge in [-0.1, -0.05) is 15.9 Å². The van der Waals surface area contributed by atoms with Crippen molar-refractivity contribution in [2.45, 2.75) is 32.5 Å². The Labute approximate surface area is 111 Å². The second-order valence-corrected chi connectivity index (χ2v) is 5.11. The quantitative estimate of drug-likeness (QED) is 0.878. The molecule has 0 saturated heterocycles. The van der Waals surface area contributed by atoms with E-state index in [1.165, 1.54) is 0 Å². The van der Waals surface area contributed by atoms with Crippen LogP contribution in [0.15, 0.2) is 22.7 Å². The van der Waals surface area contributed by atoms with Crippen LogP contribution in [0.2, 0.25) is 0 Å². The molecule has 0 aliphatic carbocycles. The van der Waals surface area contributed by atoms with Gasteiger partial charge in [-0.25, -0.2) is 0 Å². The van der Waals surface area contributed by atoms with Gasteiger partial charge in [0.1, 0.15) is 5.75 Å². The minimum atomic E-state index is -0.513. The van der Waals surface area contributed by atoms with E-state index in [9.17, 15) is 5.11 Å². The fourth-order valence-electron chi connectivity index (χ4n) is 1.52. The summed E-state index contributed by atoms with van der Waals surface area (Å²) in [4.78, 5) is 0. The molecule has 1 rings (SSSR count). The zero-order chi connectivity index (χ0) is 12.8. The van der Waals surface area contributed by atoms with E-state index in [1.54, 1.807) is 7.11 Å². The van der Waals surface area contributed by atoms with Gasteiger partial charge in [-0.05, 0) is 37.6 Å². The summed E-state index contributed by atoms with van der Waals surface area (Å²) < 4.78 is 11.6. The molecule has 0 saturated carbocycles. The van der Waals surface area contributed by atoms with Crippen molar-refractivity contribution >= 4 is 15.9 Å². The summed E-state index contributed by atoms with van der Waals surface area (Å²) in [7, 11) is 1.63. The molecule has 0 aromatic heterocycles. The minimum absolute atomic E-state index is 0.133. The van der Waals surface area contributed by atoms with E-state index in [0.717, 1.165) is 15.8 Å². The van der Waals surface area contributed by atoms with Gasteiger partial charge in [0.05, 0.1) is 25.9 Å². The number of aliphatic hydroxyl groups is 1. The van der Waals surface area contributed by atoms with Crippen LogP contribution in [0.25, 0.3) is 0 Å². The number of hydrogen-bond acceptors (Lipinski definition) is 3. The molecule has 3 nitrogen and oxygen atoms in total. The third-order valence-corrected chi connectivity index (χ3v) is 2.81. The van der Waals surface area contributed by atoms with E-state index in [-0.39, 0.29) is 6.10 Å². The number of ether oxygens (including phenoxy) is 2. The standard InChI is InChI=1S/C13H19BrO3/c1-9(2)17-8-12(15)7-10-6-11(14)4-5-13(10)16-3/h4-6,9,12,15H,7-8H2,1-3H3. The van der Waals surface area contributed by atoms with Crippen LogP contribution in [0.1, 0.15) is 19.4 Å². The number of rotatable bonds is 6. The van der Waals surface area contributed by atoms with Gasteiger partial charge in [-0.3, -0.25) is 0 Å². The lowest BCUT2D eigenvalue weighted by atomic mass is 10.1. The first-order valence-electron chi connectivity index (χ1n) is 5.65. The van der Waals surface area contributed by atoms with Gasteiger partial charge < -0.3 is 14.6 Å². The lowest BCUT2D eigenvalue weighted by Gasteiger charge is -2.15. The van der Waals surface area contributed by atoms with Crippen molar-refractivity contribution in [3.05, 3.63) is 28.2 Å². The number of benzene rings is 1. The van der Waals surface area contributed by atoms with Crippen molar-refractivity contribution in [1.82, 2.24) is 0 Å². The van der Waals surface area contributed by atoms with E-state index in [1.807, 2.05) is 32.0 Å². The lowest BCUT2D eigenvalue weighted by Crippen LogP contribution is -2.21. The van der Waals surface area contributed by atoms with Gasteiger partial charge in [-0.2, -0.15) is 0 Å². The molecule has 1 N–H and O–H groups in total. The zero-order valence-electron chi connectivity index (χ0n) is 10.4. The Morgan fingerprint density at radius 2 is 2.06 bits per heavy atom. The molecule has 96 valence electrons. The highest BCUT2D eigenvalue weighted by Crippen LogP contribution is 2.24. The van der Waals surface area contributed by atoms with Crippen LogP contribution in [-0.4, -0.2) is 31.0 Å². The first-order chi connectivity index (χ1) is 8.02. The zero-order valence-corrected chi connectivity index (χ0v) is 12.0. The van der Waals surface area contributed by atoms with Crippen LogP contribution in [-0.2, 0) is 11.2 Å². The van der Waals surface area contributed by atoms with Crippen LogP contribution >= 0.6 is 15.9 Å². The van der Waals surface area contributed by atoms with Crippen LogP contribution in [0.3, 0.4) is 0 Å². The Bertz CT molecular complexity index is 353. The maximum Gasteiger partial charge on any atom is 0.122 e. The molecule has 0 aliphatic rings. The molecule has 4 heteroatoms. The Morgan fingerprint density at radius 3 is 2.65 bits per heavy atom. The van der Waals surface area contributed by atoms with Crippen LogP contribution < -0.4 is 4.74 Å². The van der Waals surface area contributed by atoms with E-state index in [0.29, 0.717) is 13.0 Å². The van der Waals surface area contributed by atoms with E-state index < -0.39 is 6.10 Å².